The Labute approximate surface area is 179 Å². The van der Waals surface area contributed by atoms with Crippen LogP contribution in [0.3, 0.4) is 0 Å². The van der Waals surface area contributed by atoms with Crippen molar-refractivity contribution in [2.24, 2.45) is 0 Å². The highest BCUT2D eigenvalue weighted by Gasteiger charge is 2.14. The quantitative estimate of drug-likeness (QED) is 0.180. The number of hydrogen-bond acceptors (Lipinski definition) is 4. The van der Waals surface area contributed by atoms with Crippen molar-refractivity contribution in [3.05, 3.63) is 29.8 Å². The fourth-order valence-corrected chi connectivity index (χ4v) is 4.35. The molecule has 0 spiro atoms. The van der Waals surface area contributed by atoms with E-state index in [1.54, 1.807) is 31.4 Å². The van der Waals surface area contributed by atoms with Crippen LogP contribution in [0, 0.1) is 6.92 Å². The molecule has 0 aromatic heterocycles. The summed E-state index contributed by atoms with van der Waals surface area (Å²) in [5.41, 5.74) is 1.04. The minimum Gasteiger partial charge on any atom is -0.385 e. The third kappa shape index (κ3) is 13.8. The number of benzene rings is 1. The first kappa shape index (κ1) is 26.1. The Bertz CT molecular complexity index is 596. The van der Waals surface area contributed by atoms with Gasteiger partial charge in [0.1, 0.15) is 0 Å². The van der Waals surface area contributed by atoms with Crippen molar-refractivity contribution in [2.45, 2.75) is 102 Å². The minimum atomic E-state index is -3.60. The standard InChI is InChI=1S/C24H42O4S/c1-23-17-19-24(20-18-23)29(25,26)28-22-16-14-12-10-8-6-4-3-5-7-9-11-13-15-21-27-2/h17-20H,3-16,21-22H2,1-2H3. The summed E-state index contributed by atoms with van der Waals surface area (Å²) in [4.78, 5) is 0.245. The van der Waals surface area contributed by atoms with Gasteiger partial charge in [-0.05, 0) is 31.9 Å². The lowest BCUT2D eigenvalue weighted by atomic mass is 10.0. The van der Waals surface area contributed by atoms with Gasteiger partial charge in [0.15, 0.2) is 0 Å². The summed E-state index contributed by atoms with van der Waals surface area (Å²) >= 11 is 0. The third-order valence-electron chi connectivity index (χ3n) is 5.29. The molecule has 29 heavy (non-hydrogen) atoms. The summed E-state index contributed by atoms with van der Waals surface area (Å²) < 4.78 is 34.4. The highest BCUT2D eigenvalue weighted by Crippen LogP contribution is 2.15. The van der Waals surface area contributed by atoms with Crippen molar-refractivity contribution < 1.29 is 17.3 Å². The molecule has 1 rings (SSSR count). The highest BCUT2D eigenvalue weighted by atomic mass is 32.2. The Hall–Kier alpha value is -0.910. The summed E-state index contributed by atoms with van der Waals surface area (Å²) in [5, 5.41) is 0. The van der Waals surface area contributed by atoms with E-state index in [9.17, 15) is 8.42 Å². The Morgan fingerprint density at radius 1 is 0.621 bits per heavy atom. The molecule has 0 N–H and O–H groups in total. The molecular formula is C24H42O4S. The van der Waals surface area contributed by atoms with Crippen LogP contribution in [0.5, 0.6) is 0 Å². The van der Waals surface area contributed by atoms with Crippen LogP contribution in [0.2, 0.25) is 0 Å². The molecule has 1 aromatic rings. The molecule has 0 amide bonds. The monoisotopic (exact) mass is 426 g/mol. The number of ether oxygens (including phenoxy) is 1. The lowest BCUT2D eigenvalue weighted by Crippen LogP contribution is -2.07. The lowest BCUT2D eigenvalue weighted by molar-refractivity contribution is 0.192. The van der Waals surface area contributed by atoms with E-state index in [1.807, 2.05) is 6.92 Å². The Balaban J connectivity index is 1.86. The summed E-state index contributed by atoms with van der Waals surface area (Å²) in [6, 6.07) is 6.79. The van der Waals surface area contributed by atoms with Crippen LogP contribution in [0.25, 0.3) is 0 Å². The molecule has 1 aromatic carbocycles. The van der Waals surface area contributed by atoms with E-state index < -0.39 is 10.1 Å². The molecule has 168 valence electrons. The van der Waals surface area contributed by atoms with Crippen LogP contribution < -0.4 is 0 Å². The average Bonchev–Trinajstić information content (AvgIpc) is 2.70. The van der Waals surface area contributed by atoms with Gasteiger partial charge in [-0.3, -0.25) is 4.18 Å². The van der Waals surface area contributed by atoms with Crippen LogP contribution in [0.4, 0.5) is 0 Å². The molecule has 0 aliphatic heterocycles. The number of hydrogen-bond donors (Lipinski definition) is 0. The van der Waals surface area contributed by atoms with Crippen molar-refractivity contribution in [1.29, 1.82) is 0 Å². The SMILES string of the molecule is COCCCCCCCCCCCCCCCCOS(=O)(=O)c1ccc(C)cc1. The van der Waals surface area contributed by atoms with Gasteiger partial charge in [-0.2, -0.15) is 8.42 Å². The molecule has 0 aliphatic carbocycles. The lowest BCUT2D eigenvalue weighted by Gasteiger charge is -2.06. The van der Waals surface area contributed by atoms with Gasteiger partial charge in [0.2, 0.25) is 0 Å². The fourth-order valence-electron chi connectivity index (χ4n) is 3.41. The predicted molar refractivity (Wildman–Crippen MR) is 121 cm³/mol. The van der Waals surface area contributed by atoms with Gasteiger partial charge >= 0.3 is 0 Å². The van der Waals surface area contributed by atoms with E-state index in [-0.39, 0.29) is 11.5 Å². The number of unbranched alkanes of at least 4 members (excludes halogenated alkanes) is 13. The van der Waals surface area contributed by atoms with E-state index in [0.29, 0.717) is 0 Å². The first-order valence-electron chi connectivity index (χ1n) is 11.5. The maximum atomic E-state index is 12.1. The van der Waals surface area contributed by atoms with Crippen LogP contribution in [0.15, 0.2) is 29.2 Å². The Kier molecular flexibility index (Phi) is 15.2. The molecular weight excluding hydrogens is 384 g/mol. The van der Waals surface area contributed by atoms with E-state index in [4.69, 9.17) is 8.92 Å². The predicted octanol–water partition coefficient (Wildman–Crippen LogP) is 6.81. The van der Waals surface area contributed by atoms with E-state index in [1.165, 1.54) is 70.6 Å². The number of aryl methyl sites for hydroxylation is 1. The maximum Gasteiger partial charge on any atom is 0.296 e. The van der Waals surface area contributed by atoms with E-state index in [2.05, 4.69) is 0 Å². The highest BCUT2D eigenvalue weighted by molar-refractivity contribution is 7.86. The van der Waals surface area contributed by atoms with Gasteiger partial charge < -0.3 is 4.74 Å². The van der Waals surface area contributed by atoms with E-state index >= 15 is 0 Å². The van der Waals surface area contributed by atoms with Gasteiger partial charge in [0, 0.05) is 13.7 Å². The van der Waals surface area contributed by atoms with Crippen molar-refractivity contribution in [1.82, 2.24) is 0 Å². The smallest absolute Gasteiger partial charge is 0.296 e. The normalized spacial score (nSPS) is 11.8. The molecule has 0 atom stereocenters. The van der Waals surface area contributed by atoms with Gasteiger partial charge in [0.05, 0.1) is 11.5 Å². The molecule has 4 nitrogen and oxygen atoms in total. The second-order valence-corrected chi connectivity index (χ2v) is 9.65. The third-order valence-corrected chi connectivity index (χ3v) is 6.62. The van der Waals surface area contributed by atoms with Crippen LogP contribution in [-0.4, -0.2) is 28.7 Å². The zero-order chi connectivity index (χ0) is 21.2. The minimum absolute atomic E-state index is 0.245. The van der Waals surface area contributed by atoms with Crippen molar-refractivity contribution >= 4 is 10.1 Å². The molecule has 0 fully saturated rings. The van der Waals surface area contributed by atoms with Gasteiger partial charge in [0.25, 0.3) is 10.1 Å². The fraction of sp³-hybridized carbons (Fsp3) is 0.750. The molecule has 0 unspecified atom stereocenters. The summed E-state index contributed by atoms with van der Waals surface area (Å²) in [5.74, 6) is 0. The first-order chi connectivity index (χ1) is 14.1. The Morgan fingerprint density at radius 3 is 1.41 bits per heavy atom. The first-order valence-corrected chi connectivity index (χ1v) is 12.9. The van der Waals surface area contributed by atoms with E-state index in [0.717, 1.165) is 31.4 Å². The van der Waals surface area contributed by atoms with Gasteiger partial charge in [-0.25, -0.2) is 0 Å². The zero-order valence-electron chi connectivity index (χ0n) is 18.7. The van der Waals surface area contributed by atoms with Crippen molar-refractivity contribution in [3.63, 3.8) is 0 Å². The van der Waals surface area contributed by atoms with Crippen molar-refractivity contribution in [3.8, 4) is 0 Å². The second-order valence-electron chi connectivity index (χ2n) is 8.03. The molecule has 5 heteroatoms. The summed E-state index contributed by atoms with van der Waals surface area (Å²) in [7, 11) is -1.83. The number of methoxy groups -OCH3 is 1. The largest absolute Gasteiger partial charge is 0.385 e. The topological polar surface area (TPSA) is 52.6 Å². The zero-order valence-corrected chi connectivity index (χ0v) is 19.5. The summed E-state index contributed by atoms with van der Waals surface area (Å²) in [6.07, 6.45) is 17.5. The molecule has 0 heterocycles. The summed E-state index contributed by atoms with van der Waals surface area (Å²) in [6.45, 7) is 3.12. The van der Waals surface area contributed by atoms with Gasteiger partial charge in [-0.1, -0.05) is 94.7 Å². The van der Waals surface area contributed by atoms with Crippen LogP contribution in [0.1, 0.15) is 95.5 Å². The van der Waals surface area contributed by atoms with Crippen molar-refractivity contribution in [2.75, 3.05) is 20.3 Å². The second kappa shape index (κ2) is 16.8. The van der Waals surface area contributed by atoms with Gasteiger partial charge in [-0.15, -0.1) is 0 Å². The number of rotatable bonds is 19. The molecule has 0 bridgehead atoms. The Morgan fingerprint density at radius 2 is 1.00 bits per heavy atom. The molecule has 0 saturated carbocycles. The average molecular weight is 427 g/mol. The molecule has 0 saturated heterocycles. The molecule has 0 radical (unpaired) electrons. The maximum absolute atomic E-state index is 12.1. The van der Waals surface area contributed by atoms with Crippen LogP contribution >= 0.6 is 0 Å². The van der Waals surface area contributed by atoms with Crippen LogP contribution in [-0.2, 0) is 19.0 Å². The molecule has 0 aliphatic rings.